The Labute approximate surface area is 78.4 Å². The fourth-order valence-electron chi connectivity index (χ4n) is 1.02. The van der Waals surface area contributed by atoms with Crippen LogP contribution in [0.3, 0.4) is 0 Å². The molecule has 0 saturated heterocycles. The van der Waals surface area contributed by atoms with Crippen LogP contribution in [0.4, 0.5) is 5.69 Å². The molecule has 0 saturated carbocycles. The fraction of sp³-hybridized carbons (Fsp3) is 0.222. The molecule has 2 radical (unpaired) electrons. The van der Waals surface area contributed by atoms with Crippen LogP contribution >= 0.6 is 0 Å². The van der Waals surface area contributed by atoms with Gasteiger partial charge in [0.2, 0.25) is 0 Å². The number of benzene rings is 1. The Morgan fingerprint density at radius 3 is 2.46 bits per heavy atom. The smallest absolute Gasteiger partial charge is 0.335 e. The van der Waals surface area contributed by atoms with E-state index in [0.29, 0.717) is 5.46 Å². The van der Waals surface area contributed by atoms with Gasteiger partial charge in [0.1, 0.15) is 7.85 Å². The van der Waals surface area contributed by atoms with Crippen molar-refractivity contribution in [2.75, 3.05) is 19.0 Å². The monoisotopic (exact) mass is 175 g/mol. The Bertz CT molecular complexity index is 336. The summed E-state index contributed by atoms with van der Waals surface area (Å²) in [7, 11) is 9.21. The number of anilines is 1. The Morgan fingerprint density at radius 1 is 1.38 bits per heavy atom. The van der Waals surface area contributed by atoms with E-state index in [1.54, 1.807) is 12.1 Å². The van der Waals surface area contributed by atoms with Crippen LogP contribution in [0.1, 0.15) is 10.4 Å². The van der Waals surface area contributed by atoms with Crippen LogP contribution in [0.5, 0.6) is 0 Å². The molecule has 1 aromatic rings. The predicted molar refractivity (Wildman–Crippen MR) is 53.1 cm³/mol. The summed E-state index contributed by atoms with van der Waals surface area (Å²) in [4.78, 5) is 12.5. The van der Waals surface area contributed by atoms with Gasteiger partial charge in [0.15, 0.2) is 0 Å². The van der Waals surface area contributed by atoms with E-state index in [-0.39, 0.29) is 5.56 Å². The summed E-state index contributed by atoms with van der Waals surface area (Å²) in [6.07, 6.45) is 0. The van der Waals surface area contributed by atoms with Crippen LogP contribution in [-0.4, -0.2) is 33.0 Å². The Balaban J connectivity index is 3.19. The fourth-order valence-corrected chi connectivity index (χ4v) is 1.02. The lowest BCUT2D eigenvalue weighted by molar-refractivity contribution is 0.0697. The zero-order valence-electron chi connectivity index (χ0n) is 7.61. The number of carboxylic acid groups (broad SMARTS) is 1. The largest absolute Gasteiger partial charge is 0.478 e. The third-order valence-electron chi connectivity index (χ3n) is 1.70. The summed E-state index contributed by atoms with van der Waals surface area (Å²) in [6.45, 7) is 0. The maximum absolute atomic E-state index is 10.7. The van der Waals surface area contributed by atoms with E-state index < -0.39 is 5.97 Å². The van der Waals surface area contributed by atoms with E-state index in [2.05, 4.69) is 0 Å². The van der Waals surface area contributed by atoms with Gasteiger partial charge in [-0.1, -0.05) is 11.5 Å². The molecule has 1 rings (SSSR count). The Morgan fingerprint density at radius 2 is 2.00 bits per heavy atom. The van der Waals surface area contributed by atoms with Crippen molar-refractivity contribution in [1.82, 2.24) is 0 Å². The lowest BCUT2D eigenvalue weighted by atomic mass is 9.93. The van der Waals surface area contributed by atoms with E-state index in [4.69, 9.17) is 13.0 Å². The molecule has 66 valence electrons. The highest BCUT2D eigenvalue weighted by atomic mass is 16.4. The molecule has 1 N–H and O–H groups in total. The molecule has 0 aliphatic rings. The van der Waals surface area contributed by atoms with Gasteiger partial charge in [0.05, 0.1) is 5.56 Å². The molecule has 4 heteroatoms. The van der Waals surface area contributed by atoms with Crippen molar-refractivity contribution in [2.24, 2.45) is 0 Å². The number of aromatic carboxylic acids is 1. The lowest BCUT2D eigenvalue weighted by Gasteiger charge is -2.13. The molecule has 0 fully saturated rings. The van der Waals surface area contributed by atoms with Crippen LogP contribution in [-0.2, 0) is 0 Å². The topological polar surface area (TPSA) is 40.5 Å². The van der Waals surface area contributed by atoms with Crippen LogP contribution in [0.2, 0.25) is 0 Å². The number of carbonyl (C=O) groups is 1. The van der Waals surface area contributed by atoms with Crippen molar-refractivity contribution in [3.8, 4) is 0 Å². The van der Waals surface area contributed by atoms with Crippen molar-refractivity contribution >= 4 is 25.0 Å². The predicted octanol–water partition coefficient (Wildman–Crippen LogP) is 0.245. The average Bonchev–Trinajstić information content (AvgIpc) is 2.03. The summed E-state index contributed by atoms with van der Waals surface area (Å²) in [5.74, 6) is -0.963. The van der Waals surface area contributed by atoms with Crippen LogP contribution < -0.4 is 10.4 Å². The van der Waals surface area contributed by atoms with Gasteiger partial charge >= 0.3 is 5.97 Å². The van der Waals surface area contributed by atoms with Gasteiger partial charge in [0.25, 0.3) is 0 Å². The van der Waals surface area contributed by atoms with Gasteiger partial charge in [0, 0.05) is 19.8 Å². The second kappa shape index (κ2) is 3.52. The number of carboxylic acids is 1. The standard InChI is InChI=1S/C9H10BNO2/c1-11(2)8-4-6(9(12)13)3-7(10)5-8/h3-5H,1-2H3,(H,12,13). The molecule has 0 unspecified atom stereocenters. The number of rotatable bonds is 2. The molecule has 0 amide bonds. The number of hydrogen-bond acceptors (Lipinski definition) is 2. The molecular weight excluding hydrogens is 165 g/mol. The van der Waals surface area contributed by atoms with E-state index in [9.17, 15) is 4.79 Å². The summed E-state index contributed by atoms with van der Waals surface area (Å²) >= 11 is 0. The molecule has 3 nitrogen and oxygen atoms in total. The molecular formula is C9H10BNO2. The minimum absolute atomic E-state index is 0.212. The maximum Gasteiger partial charge on any atom is 0.335 e. The summed E-state index contributed by atoms with van der Waals surface area (Å²) in [5, 5.41) is 8.74. The summed E-state index contributed by atoms with van der Waals surface area (Å²) < 4.78 is 0. The molecule has 0 aliphatic heterocycles. The second-order valence-electron chi connectivity index (χ2n) is 3.01. The summed E-state index contributed by atoms with van der Waals surface area (Å²) in [5.41, 5.74) is 1.46. The zero-order valence-corrected chi connectivity index (χ0v) is 7.61. The van der Waals surface area contributed by atoms with Crippen molar-refractivity contribution in [1.29, 1.82) is 0 Å². The molecule has 1 aromatic carbocycles. The highest BCUT2D eigenvalue weighted by Gasteiger charge is 2.05. The van der Waals surface area contributed by atoms with Gasteiger partial charge in [-0.25, -0.2) is 4.79 Å². The minimum atomic E-state index is -0.963. The van der Waals surface area contributed by atoms with E-state index >= 15 is 0 Å². The third kappa shape index (κ3) is 2.24. The molecule has 0 bridgehead atoms. The molecule has 0 heterocycles. The van der Waals surface area contributed by atoms with Crippen molar-refractivity contribution in [3.05, 3.63) is 23.8 Å². The molecule has 0 aromatic heterocycles. The lowest BCUT2D eigenvalue weighted by Crippen LogP contribution is -2.15. The van der Waals surface area contributed by atoms with Gasteiger partial charge < -0.3 is 10.0 Å². The van der Waals surface area contributed by atoms with Gasteiger partial charge in [-0.3, -0.25) is 0 Å². The number of hydrogen-bond donors (Lipinski definition) is 1. The molecule has 13 heavy (non-hydrogen) atoms. The Hall–Kier alpha value is -1.45. The highest BCUT2D eigenvalue weighted by Crippen LogP contribution is 2.11. The third-order valence-corrected chi connectivity index (χ3v) is 1.70. The average molecular weight is 175 g/mol. The van der Waals surface area contributed by atoms with Crippen molar-refractivity contribution in [2.45, 2.75) is 0 Å². The first-order valence-electron chi connectivity index (χ1n) is 3.82. The van der Waals surface area contributed by atoms with Crippen LogP contribution in [0.15, 0.2) is 18.2 Å². The molecule has 0 atom stereocenters. The van der Waals surface area contributed by atoms with Crippen LogP contribution in [0, 0.1) is 0 Å². The molecule has 0 spiro atoms. The Kier molecular flexibility index (Phi) is 2.61. The zero-order chi connectivity index (χ0) is 10.0. The van der Waals surface area contributed by atoms with Gasteiger partial charge in [-0.15, -0.1) is 0 Å². The highest BCUT2D eigenvalue weighted by molar-refractivity contribution is 6.33. The SMILES string of the molecule is [B]c1cc(C(=O)O)cc(N(C)C)c1. The number of nitrogens with zero attached hydrogens (tertiary/aromatic N) is 1. The first-order chi connectivity index (χ1) is 6.00. The first kappa shape index (κ1) is 9.64. The van der Waals surface area contributed by atoms with Crippen molar-refractivity contribution < 1.29 is 9.90 Å². The normalized spacial score (nSPS) is 9.69. The quantitative estimate of drug-likeness (QED) is 0.654. The maximum atomic E-state index is 10.7. The van der Waals surface area contributed by atoms with E-state index in [1.165, 1.54) is 6.07 Å². The van der Waals surface area contributed by atoms with E-state index in [1.807, 2.05) is 19.0 Å². The van der Waals surface area contributed by atoms with Gasteiger partial charge in [-0.05, 0) is 12.1 Å². The van der Waals surface area contributed by atoms with Crippen molar-refractivity contribution in [3.63, 3.8) is 0 Å². The molecule has 0 aliphatic carbocycles. The van der Waals surface area contributed by atoms with Crippen LogP contribution in [0.25, 0.3) is 0 Å². The summed E-state index contributed by atoms with van der Waals surface area (Å²) in [6, 6.07) is 4.75. The first-order valence-corrected chi connectivity index (χ1v) is 3.82. The second-order valence-corrected chi connectivity index (χ2v) is 3.01. The van der Waals surface area contributed by atoms with Gasteiger partial charge in [-0.2, -0.15) is 0 Å². The van der Waals surface area contributed by atoms with E-state index in [0.717, 1.165) is 5.69 Å². The minimum Gasteiger partial charge on any atom is -0.478 e.